The molecule has 2 N–H and O–H groups in total. The molecule has 1 saturated carbocycles. The van der Waals surface area contributed by atoms with Crippen LogP contribution in [0.15, 0.2) is 10.4 Å². The molecular formula is C17H28IN7S. The molecule has 3 rings (SSSR count). The highest BCUT2D eigenvalue weighted by Crippen LogP contribution is 2.17. The van der Waals surface area contributed by atoms with E-state index in [-0.39, 0.29) is 24.0 Å². The Hall–Kier alpha value is -1.23. The van der Waals surface area contributed by atoms with Gasteiger partial charge < -0.3 is 15.2 Å². The highest BCUT2D eigenvalue weighted by molar-refractivity contribution is 14.0. The molecule has 1 fully saturated rings. The summed E-state index contributed by atoms with van der Waals surface area (Å²) in [6.45, 7) is 5.33. The van der Waals surface area contributed by atoms with Gasteiger partial charge in [-0.3, -0.25) is 0 Å². The zero-order valence-electron chi connectivity index (χ0n) is 15.7. The van der Waals surface area contributed by atoms with Gasteiger partial charge in [-0.15, -0.1) is 45.5 Å². The second kappa shape index (κ2) is 10.2. The van der Waals surface area contributed by atoms with E-state index in [1.807, 2.05) is 25.5 Å². The van der Waals surface area contributed by atoms with E-state index in [1.165, 1.54) is 25.7 Å². The molecule has 0 atom stereocenters. The maximum absolute atomic E-state index is 4.72. The minimum Gasteiger partial charge on any atom is -0.356 e. The molecular weight excluding hydrogens is 461 g/mol. The number of halogens is 1. The van der Waals surface area contributed by atoms with E-state index in [4.69, 9.17) is 4.99 Å². The predicted molar refractivity (Wildman–Crippen MR) is 116 cm³/mol. The van der Waals surface area contributed by atoms with Crippen molar-refractivity contribution in [1.29, 1.82) is 0 Å². The summed E-state index contributed by atoms with van der Waals surface area (Å²) in [6.07, 6.45) is 5.93. The van der Waals surface area contributed by atoms with Crippen LogP contribution in [0.3, 0.4) is 0 Å². The summed E-state index contributed by atoms with van der Waals surface area (Å²) in [4.78, 5) is 9.24. The van der Waals surface area contributed by atoms with Crippen LogP contribution in [0.5, 0.6) is 0 Å². The first kappa shape index (κ1) is 21.1. The molecule has 0 radical (unpaired) electrons. The molecule has 0 amide bonds. The third kappa shape index (κ3) is 5.90. The number of aromatic nitrogens is 4. The van der Waals surface area contributed by atoms with Gasteiger partial charge >= 0.3 is 0 Å². The molecule has 1 aliphatic carbocycles. The van der Waals surface area contributed by atoms with Crippen LogP contribution in [0.25, 0.3) is 0 Å². The lowest BCUT2D eigenvalue weighted by Gasteiger charge is -2.17. The summed E-state index contributed by atoms with van der Waals surface area (Å²) in [5.41, 5.74) is 1.14. The molecule has 0 bridgehead atoms. The zero-order valence-corrected chi connectivity index (χ0v) is 18.8. The van der Waals surface area contributed by atoms with Crippen LogP contribution in [-0.2, 0) is 20.0 Å². The molecule has 2 aromatic heterocycles. The number of thiazole rings is 1. The first-order chi connectivity index (χ1) is 12.1. The fourth-order valence-corrected chi connectivity index (χ4v) is 3.63. The second-order valence-electron chi connectivity index (χ2n) is 6.55. The lowest BCUT2D eigenvalue weighted by Crippen LogP contribution is -2.43. The maximum atomic E-state index is 4.72. The van der Waals surface area contributed by atoms with Gasteiger partial charge in [0.1, 0.15) is 12.4 Å². The Morgan fingerprint density at radius 2 is 2.08 bits per heavy atom. The minimum atomic E-state index is 0. The lowest BCUT2D eigenvalue weighted by molar-refractivity contribution is 0.609. The van der Waals surface area contributed by atoms with E-state index in [0.717, 1.165) is 41.3 Å². The minimum absolute atomic E-state index is 0. The summed E-state index contributed by atoms with van der Waals surface area (Å²) in [6, 6.07) is 0.522. The smallest absolute Gasteiger partial charge is 0.191 e. The monoisotopic (exact) mass is 489 g/mol. The van der Waals surface area contributed by atoms with Gasteiger partial charge in [0.15, 0.2) is 11.8 Å². The van der Waals surface area contributed by atoms with Gasteiger partial charge in [-0.05, 0) is 26.7 Å². The molecule has 0 saturated heterocycles. The van der Waals surface area contributed by atoms with Crippen molar-refractivity contribution in [3.63, 3.8) is 0 Å². The molecule has 0 spiro atoms. The van der Waals surface area contributed by atoms with Crippen LogP contribution in [0.1, 0.15) is 48.0 Å². The number of hydrogen-bond acceptors (Lipinski definition) is 5. The van der Waals surface area contributed by atoms with Crippen molar-refractivity contribution < 1.29 is 0 Å². The number of aryl methyl sites for hydroxylation is 2. The molecule has 2 aromatic rings. The Labute approximate surface area is 176 Å². The summed E-state index contributed by atoms with van der Waals surface area (Å²) >= 11 is 1.70. The van der Waals surface area contributed by atoms with Crippen molar-refractivity contribution in [2.75, 3.05) is 6.54 Å². The molecule has 26 heavy (non-hydrogen) atoms. The quantitative estimate of drug-likeness (QED) is 0.371. The van der Waals surface area contributed by atoms with E-state index < -0.39 is 0 Å². The van der Waals surface area contributed by atoms with Crippen LogP contribution >= 0.6 is 35.3 Å². The highest BCUT2D eigenvalue weighted by atomic mass is 127. The number of rotatable bonds is 6. The normalized spacial score (nSPS) is 15.1. The maximum Gasteiger partial charge on any atom is 0.191 e. The van der Waals surface area contributed by atoms with E-state index in [1.54, 1.807) is 11.3 Å². The van der Waals surface area contributed by atoms with Crippen LogP contribution in [0.4, 0.5) is 0 Å². The molecule has 2 heterocycles. The first-order valence-electron chi connectivity index (χ1n) is 8.92. The topological polar surface area (TPSA) is 80.0 Å². The zero-order chi connectivity index (χ0) is 17.6. The van der Waals surface area contributed by atoms with Gasteiger partial charge in [-0.25, -0.2) is 9.98 Å². The Balaban J connectivity index is 0.00000243. The van der Waals surface area contributed by atoms with E-state index in [9.17, 15) is 0 Å². The van der Waals surface area contributed by atoms with Gasteiger partial charge in [0, 0.05) is 31.4 Å². The number of nitrogens with zero attached hydrogens (tertiary/aromatic N) is 5. The van der Waals surface area contributed by atoms with Gasteiger partial charge in [-0.2, -0.15) is 0 Å². The highest BCUT2D eigenvalue weighted by Gasteiger charge is 2.16. The lowest BCUT2D eigenvalue weighted by atomic mass is 10.2. The van der Waals surface area contributed by atoms with Gasteiger partial charge in [-0.1, -0.05) is 12.8 Å². The number of guanidine groups is 1. The average molecular weight is 489 g/mol. The van der Waals surface area contributed by atoms with Gasteiger partial charge in [0.2, 0.25) is 0 Å². The Bertz CT molecular complexity index is 719. The third-order valence-electron chi connectivity index (χ3n) is 4.60. The van der Waals surface area contributed by atoms with Crippen molar-refractivity contribution in [2.24, 2.45) is 12.0 Å². The Morgan fingerprint density at radius 1 is 1.31 bits per heavy atom. The van der Waals surface area contributed by atoms with E-state index >= 15 is 0 Å². The van der Waals surface area contributed by atoms with Crippen LogP contribution in [0, 0.1) is 13.8 Å². The largest absolute Gasteiger partial charge is 0.356 e. The first-order valence-corrected chi connectivity index (χ1v) is 9.80. The molecule has 1 aliphatic rings. The molecule has 0 aliphatic heterocycles. The molecule has 0 unspecified atom stereocenters. The van der Waals surface area contributed by atoms with Crippen molar-refractivity contribution in [2.45, 2.75) is 58.5 Å². The van der Waals surface area contributed by atoms with Crippen LogP contribution < -0.4 is 10.6 Å². The van der Waals surface area contributed by atoms with Crippen molar-refractivity contribution in [3.8, 4) is 0 Å². The summed E-state index contributed by atoms with van der Waals surface area (Å²) < 4.78 is 1.98. The van der Waals surface area contributed by atoms with Crippen LogP contribution in [-0.4, -0.2) is 38.3 Å². The van der Waals surface area contributed by atoms with Gasteiger partial charge in [0.25, 0.3) is 0 Å². The SMILES string of the molecule is Cc1nc(CCNC(=NCc2nnc(C)n2C)NC2CCCC2)cs1.I. The van der Waals surface area contributed by atoms with Crippen molar-refractivity contribution in [3.05, 3.63) is 27.7 Å². The predicted octanol–water partition coefficient (Wildman–Crippen LogP) is 2.73. The fourth-order valence-electron chi connectivity index (χ4n) is 2.99. The molecule has 144 valence electrons. The van der Waals surface area contributed by atoms with Crippen molar-refractivity contribution in [1.82, 2.24) is 30.4 Å². The Morgan fingerprint density at radius 3 is 2.69 bits per heavy atom. The summed E-state index contributed by atoms with van der Waals surface area (Å²) in [5.74, 6) is 2.64. The number of aliphatic imine (C=N–C) groups is 1. The van der Waals surface area contributed by atoms with E-state index in [2.05, 4.69) is 31.2 Å². The number of nitrogens with one attached hydrogen (secondary N) is 2. The molecule has 0 aromatic carbocycles. The molecule has 9 heteroatoms. The summed E-state index contributed by atoms with van der Waals surface area (Å²) in [7, 11) is 1.97. The summed E-state index contributed by atoms with van der Waals surface area (Å²) in [5, 5.41) is 18.5. The average Bonchev–Trinajstić information content (AvgIpc) is 3.31. The Kier molecular flexibility index (Phi) is 8.26. The van der Waals surface area contributed by atoms with Crippen molar-refractivity contribution >= 4 is 41.3 Å². The second-order valence-corrected chi connectivity index (χ2v) is 7.61. The van der Waals surface area contributed by atoms with Gasteiger partial charge in [0.05, 0.1) is 10.7 Å². The van der Waals surface area contributed by atoms with Crippen LogP contribution in [0.2, 0.25) is 0 Å². The van der Waals surface area contributed by atoms with E-state index in [0.29, 0.717) is 12.6 Å². The molecule has 7 nitrogen and oxygen atoms in total. The number of hydrogen-bond donors (Lipinski definition) is 2. The standard InChI is InChI=1S/C17H27N7S.HI/c1-12-22-23-16(24(12)3)10-19-17(21-14-6-4-5-7-14)18-9-8-15-11-25-13(2)20-15;/h11,14H,4-10H2,1-3H3,(H2,18,19,21);1H. The fraction of sp³-hybridized carbons (Fsp3) is 0.647. The third-order valence-corrected chi connectivity index (χ3v) is 5.42.